The quantitative estimate of drug-likeness (QED) is 0.785. The van der Waals surface area contributed by atoms with E-state index >= 15 is 0 Å². The Kier molecular flexibility index (Phi) is 2.88. The third kappa shape index (κ3) is 2.56. The highest BCUT2D eigenvalue weighted by molar-refractivity contribution is 7.91. The second-order valence-corrected chi connectivity index (χ2v) is 6.20. The van der Waals surface area contributed by atoms with Gasteiger partial charge in [-0.05, 0) is 24.6 Å². The number of sulfone groups is 1. The smallest absolute Gasteiger partial charge is 0.152 e. The summed E-state index contributed by atoms with van der Waals surface area (Å²) in [7, 11) is -2.83. The molecule has 0 saturated carbocycles. The lowest BCUT2D eigenvalue weighted by molar-refractivity contribution is 0.602. The summed E-state index contributed by atoms with van der Waals surface area (Å²) in [5.74, 6) is 3.04. The first-order chi connectivity index (χ1) is 7.59. The Hall–Kier alpha value is -1.47. The summed E-state index contributed by atoms with van der Waals surface area (Å²) in [6.45, 7) is 0. The van der Waals surface area contributed by atoms with Gasteiger partial charge in [0, 0.05) is 17.3 Å². The van der Waals surface area contributed by atoms with Crippen molar-refractivity contribution in [2.24, 2.45) is 0 Å². The molecule has 0 aromatic heterocycles. The number of benzene rings is 1. The lowest BCUT2D eigenvalue weighted by Crippen LogP contribution is -2.20. The van der Waals surface area contributed by atoms with Crippen LogP contribution in [0.3, 0.4) is 0 Å². The Bertz CT molecular complexity index is 528. The molecule has 1 aromatic carbocycles. The van der Waals surface area contributed by atoms with Gasteiger partial charge in [0.2, 0.25) is 0 Å². The van der Waals surface area contributed by atoms with Gasteiger partial charge >= 0.3 is 0 Å². The fourth-order valence-electron chi connectivity index (χ4n) is 1.84. The summed E-state index contributed by atoms with van der Waals surface area (Å²) in [5, 5.41) is 3.20. The van der Waals surface area contributed by atoms with Crippen molar-refractivity contribution in [1.82, 2.24) is 0 Å². The molecule has 1 N–H and O–H groups in total. The summed E-state index contributed by atoms with van der Waals surface area (Å²) in [4.78, 5) is 0. The van der Waals surface area contributed by atoms with E-state index in [0.717, 1.165) is 11.3 Å². The minimum atomic E-state index is -2.83. The van der Waals surface area contributed by atoms with Gasteiger partial charge in [0.25, 0.3) is 0 Å². The zero-order valence-electron chi connectivity index (χ0n) is 8.81. The maximum Gasteiger partial charge on any atom is 0.152 e. The second kappa shape index (κ2) is 4.18. The van der Waals surface area contributed by atoms with Crippen molar-refractivity contribution in [1.29, 1.82) is 0 Å². The van der Waals surface area contributed by atoms with Crippen LogP contribution in [0.15, 0.2) is 24.3 Å². The summed E-state index contributed by atoms with van der Waals surface area (Å²) in [5.41, 5.74) is 1.68. The van der Waals surface area contributed by atoms with Crippen molar-refractivity contribution in [3.05, 3.63) is 29.8 Å². The predicted octanol–water partition coefficient (Wildman–Crippen LogP) is 1.27. The zero-order valence-corrected chi connectivity index (χ0v) is 9.63. The van der Waals surface area contributed by atoms with Gasteiger partial charge in [0.05, 0.1) is 11.5 Å². The minimum Gasteiger partial charge on any atom is -0.381 e. The van der Waals surface area contributed by atoms with Crippen LogP contribution in [0.25, 0.3) is 0 Å². The van der Waals surface area contributed by atoms with E-state index < -0.39 is 9.84 Å². The third-order valence-electron chi connectivity index (χ3n) is 2.63. The number of nitrogens with one attached hydrogen (secondary N) is 1. The lowest BCUT2D eigenvalue weighted by atomic mass is 10.2. The van der Waals surface area contributed by atoms with Gasteiger partial charge in [-0.3, -0.25) is 0 Å². The van der Waals surface area contributed by atoms with Gasteiger partial charge in [0.15, 0.2) is 9.84 Å². The number of rotatable bonds is 2. The maximum absolute atomic E-state index is 11.3. The molecule has 1 aliphatic heterocycles. The molecular weight excluding hydrogens is 222 g/mol. The minimum absolute atomic E-state index is 0.0121. The van der Waals surface area contributed by atoms with Crippen LogP contribution in [-0.2, 0) is 9.84 Å². The van der Waals surface area contributed by atoms with Crippen molar-refractivity contribution in [2.75, 3.05) is 16.8 Å². The second-order valence-electron chi connectivity index (χ2n) is 3.97. The molecule has 0 bridgehead atoms. The average molecular weight is 235 g/mol. The van der Waals surface area contributed by atoms with Crippen LogP contribution < -0.4 is 5.32 Å². The molecule has 1 atom stereocenters. The van der Waals surface area contributed by atoms with Crippen molar-refractivity contribution in [3.8, 4) is 12.3 Å². The number of terminal acetylenes is 1. The van der Waals surface area contributed by atoms with Crippen LogP contribution in [0.4, 0.5) is 5.69 Å². The van der Waals surface area contributed by atoms with Gasteiger partial charge in [-0.25, -0.2) is 8.42 Å². The summed E-state index contributed by atoms with van der Waals surface area (Å²) in [6, 6.07) is 7.46. The highest BCUT2D eigenvalue weighted by Gasteiger charge is 2.27. The molecule has 0 amide bonds. The fraction of sp³-hybridized carbons (Fsp3) is 0.333. The molecule has 0 radical (unpaired) electrons. The van der Waals surface area contributed by atoms with Gasteiger partial charge in [-0.2, -0.15) is 0 Å². The predicted molar refractivity (Wildman–Crippen MR) is 65.1 cm³/mol. The van der Waals surface area contributed by atoms with Gasteiger partial charge in [-0.1, -0.05) is 12.0 Å². The third-order valence-corrected chi connectivity index (χ3v) is 4.40. The van der Waals surface area contributed by atoms with Gasteiger partial charge in [-0.15, -0.1) is 6.42 Å². The van der Waals surface area contributed by atoms with E-state index in [1.54, 1.807) is 0 Å². The van der Waals surface area contributed by atoms with Crippen molar-refractivity contribution in [2.45, 2.75) is 12.5 Å². The molecule has 0 aliphatic carbocycles. The summed E-state index contributed by atoms with van der Waals surface area (Å²) in [6.07, 6.45) is 5.97. The Morgan fingerprint density at radius 2 is 2.25 bits per heavy atom. The van der Waals surface area contributed by atoms with Crippen LogP contribution in [0.2, 0.25) is 0 Å². The molecule has 3 nitrogen and oxygen atoms in total. The Balaban J connectivity index is 2.08. The Labute approximate surface area is 95.8 Å². The zero-order chi connectivity index (χ0) is 11.6. The van der Waals surface area contributed by atoms with E-state index in [0.29, 0.717) is 6.42 Å². The Morgan fingerprint density at radius 1 is 1.44 bits per heavy atom. The first-order valence-electron chi connectivity index (χ1n) is 5.13. The topological polar surface area (TPSA) is 46.2 Å². The van der Waals surface area contributed by atoms with Crippen LogP contribution in [0.1, 0.15) is 12.0 Å². The molecule has 1 aliphatic rings. The number of hydrogen-bond donors (Lipinski definition) is 1. The summed E-state index contributed by atoms with van der Waals surface area (Å²) < 4.78 is 22.6. The van der Waals surface area contributed by atoms with E-state index in [4.69, 9.17) is 6.42 Å². The van der Waals surface area contributed by atoms with Gasteiger partial charge in [0.1, 0.15) is 0 Å². The van der Waals surface area contributed by atoms with Crippen LogP contribution in [0, 0.1) is 12.3 Å². The van der Waals surface area contributed by atoms with Crippen LogP contribution in [-0.4, -0.2) is 26.0 Å². The molecule has 1 unspecified atom stereocenters. The van der Waals surface area contributed by atoms with Crippen LogP contribution in [0.5, 0.6) is 0 Å². The molecule has 0 spiro atoms. The number of hydrogen-bond acceptors (Lipinski definition) is 3. The molecular formula is C12H13NO2S. The molecule has 1 aromatic rings. The molecule has 16 heavy (non-hydrogen) atoms. The van der Waals surface area contributed by atoms with Crippen molar-refractivity contribution < 1.29 is 8.42 Å². The van der Waals surface area contributed by atoms with Crippen molar-refractivity contribution >= 4 is 15.5 Å². The van der Waals surface area contributed by atoms with E-state index in [-0.39, 0.29) is 17.5 Å². The fourth-order valence-corrected chi connectivity index (χ4v) is 3.52. The highest BCUT2D eigenvalue weighted by atomic mass is 32.2. The highest BCUT2D eigenvalue weighted by Crippen LogP contribution is 2.18. The number of anilines is 1. The normalized spacial score (nSPS) is 22.6. The maximum atomic E-state index is 11.3. The lowest BCUT2D eigenvalue weighted by Gasteiger charge is -2.12. The molecule has 1 saturated heterocycles. The van der Waals surface area contributed by atoms with Crippen LogP contribution >= 0.6 is 0 Å². The van der Waals surface area contributed by atoms with Gasteiger partial charge < -0.3 is 5.32 Å². The largest absolute Gasteiger partial charge is 0.381 e. The van der Waals surface area contributed by atoms with Crippen molar-refractivity contribution in [3.63, 3.8) is 0 Å². The first-order valence-corrected chi connectivity index (χ1v) is 6.95. The molecule has 2 rings (SSSR count). The SMILES string of the molecule is C#Cc1cccc(NC2CCS(=O)(=O)C2)c1. The van der Waals surface area contributed by atoms with E-state index in [1.165, 1.54) is 0 Å². The van der Waals surface area contributed by atoms with E-state index in [2.05, 4.69) is 11.2 Å². The molecule has 1 fully saturated rings. The monoisotopic (exact) mass is 235 g/mol. The molecule has 4 heteroatoms. The van der Waals surface area contributed by atoms with E-state index in [1.807, 2.05) is 24.3 Å². The molecule has 1 heterocycles. The first kappa shape index (κ1) is 11.0. The average Bonchev–Trinajstić information content (AvgIpc) is 2.58. The Morgan fingerprint density at radius 3 is 2.88 bits per heavy atom. The standard InChI is InChI=1S/C12H13NO2S/c1-2-10-4-3-5-11(8-10)13-12-6-7-16(14,15)9-12/h1,3-5,8,12-13H,6-7,9H2. The molecule has 84 valence electrons. The summed E-state index contributed by atoms with van der Waals surface area (Å²) >= 11 is 0. The van der Waals surface area contributed by atoms with E-state index in [9.17, 15) is 8.42 Å².